The van der Waals surface area contributed by atoms with Crippen molar-refractivity contribution in [2.24, 2.45) is 0 Å². The Balaban J connectivity index is 2.22. The van der Waals surface area contributed by atoms with Crippen molar-refractivity contribution in [3.63, 3.8) is 0 Å². The zero-order chi connectivity index (χ0) is 14.8. The van der Waals surface area contributed by atoms with E-state index in [9.17, 15) is 4.79 Å². The summed E-state index contributed by atoms with van der Waals surface area (Å²) >= 11 is 1.55. The molecule has 0 radical (unpaired) electrons. The smallest absolute Gasteiger partial charge is 0.278 e. The van der Waals surface area contributed by atoms with Crippen LogP contribution in [0.15, 0.2) is 34.2 Å². The summed E-state index contributed by atoms with van der Waals surface area (Å²) in [7, 11) is 1.67. The van der Waals surface area contributed by atoms with Gasteiger partial charge in [-0.05, 0) is 13.0 Å². The van der Waals surface area contributed by atoms with Crippen LogP contribution in [0.1, 0.15) is 6.92 Å². The third kappa shape index (κ3) is 2.45. The van der Waals surface area contributed by atoms with Crippen LogP contribution >= 0.6 is 11.8 Å². The second kappa shape index (κ2) is 5.91. The molecule has 0 unspecified atom stereocenters. The van der Waals surface area contributed by atoms with Gasteiger partial charge in [-0.2, -0.15) is 0 Å². The highest BCUT2D eigenvalue weighted by atomic mass is 32.2. The monoisotopic (exact) mass is 303 g/mol. The lowest BCUT2D eigenvalue weighted by molar-refractivity contribution is 0.218. The summed E-state index contributed by atoms with van der Waals surface area (Å²) in [5, 5.41) is 1.73. The van der Waals surface area contributed by atoms with E-state index in [1.807, 2.05) is 31.2 Å². The highest BCUT2D eigenvalue weighted by Gasteiger charge is 2.14. The number of fused-ring (bicyclic) bond motifs is 3. The number of hydrogen-bond donors (Lipinski definition) is 1. The lowest BCUT2D eigenvalue weighted by atomic mass is 10.2. The van der Waals surface area contributed by atoms with E-state index in [-0.39, 0.29) is 5.56 Å². The number of hydrogen-bond acceptors (Lipinski definition) is 4. The van der Waals surface area contributed by atoms with Crippen molar-refractivity contribution in [3.8, 4) is 0 Å². The van der Waals surface area contributed by atoms with Crippen molar-refractivity contribution in [1.29, 1.82) is 0 Å². The van der Waals surface area contributed by atoms with Gasteiger partial charge < -0.3 is 9.72 Å². The van der Waals surface area contributed by atoms with E-state index in [2.05, 4.69) is 4.98 Å². The van der Waals surface area contributed by atoms with Crippen molar-refractivity contribution < 1.29 is 4.74 Å². The zero-order valence-corrected chi connectivity index (χ0v) is 12.9. The summed E-state index contributed by atoms with van der Waals surface area (Å²) in [6, 6.07) is 7.86. The van der Waals surface area contributed by atoms with Crippen LogP contribution < -0.4 is 5.56 Å². The van der Waals surface area contributed by atoms with E-state index >= 15 is 0 Å². The molecule has 110 valence electrons. The van der Waals surface area contributed by atoms with Gasteiger partial charge in [-0.25, -0.2) is 4.98 Å². The number of aromatic amines is 1. The Morgan fingerprint density at radius 2 is 2.19 bits per heavy atom. The van der Waals surface area contributed by atoms with Crippen LogP contribution in [0.4, 0.5) is 0 Å². The highest BCUT2D eigenvalue weighted by molar-refractivity contribution is 7.99. The van der Waals surface area contributed by atoms with E-state index in [4.69, 9.17) is 9.72 Å². The molecule has 0 saturated heterocycles. The number of nitrogens with zero attached hydrogens (tertiary/aromatic N) is 2. The van der Waals surface area contributed by atoms with Crippen LogP contribution in [0.25, 0.3) is 21.9 Å². The van der Waals surface area contributed by atoms with E-state index in [0.717, 1.165) is 27.3 Å². The molecular weight excluding hydrogens is 286 g/mol. The molecule has 0 amide bonds. The topological polar surface area (TPSA) is 59.9 Å². The molecule has 1 aromatic carbocycles. The molecule has 0 spiro atoms. The fraction of sp³-hybridized carbons (Fsp3) is 0.333. The quantitative estimate of drug-likeness (QED) is 0.447. The highest BCUT2D eigenvalue weighted by Crippen LogP contribution is 2.24. The molecule has 5 nitrogen and oxygen atoms in total. The van der Waals surface area contributed by atoms with Gasteiger partial charge >= 0.3 is 0 Å². The lowest BCUT2D eigenvalue weighted by Gasteiger charge is -2.09. The maximum atomic E-state index is 12.6. The molecule has 6 heteroatoms. The number of para-hydroxylation sites is 1. The summed E-state index contributed by atoms with van der Waals surface area (Å²) in [6.07, 6.45) is 0. The van der Waals surface area contributed by atoms with Crippen LogP contribution in [0.5, 0.6) is 0 Å². The lowest BCUT2D eigenvalue weighted by Crippen LogP contribution is -2.22. The van der Waals surface area contributed by atoms with Crippen molar-refractivity contribution in [3.05, 3.63) is 34.6 Å². The van der Waals surface area contributed by atoms with Gasteiger partial charge in [0.2, 0.25) is 0 Å². The Labute approximate surface area is 126 Å². The molecular formula is C15H17N3O2S. The number of ether oxygens (including phenoxy) is 1. The largest absolute Gasteiger partial charge is 0.384 e. The summed E-state index contributed by atoms with van der Waals surface area (Å²) in [4.78, 5) is 20.5. The molecule has 0 aliphatic carbocycles. The van der Waals surface area contributed by atoms with E-state index in [1.165, 1.54) is 0 Å². The number of benzene rings is 1. The van der Waals surface area contributed by atoms with Crippen LogP contribution in [-0.2, 0) is 11.3 Å². The molecule has 0 fully saturated rings. The predicted molar refractivity (Wildman–Crippen MR) is 86.1 cm³/mol. The van der Waals surface area contributed by atoms with Gasteiger partial charge in [-0.3, -0.25) is 9.36 Å². The fourth-order valence-electron chi connectivity index (χ4n) is 2.38. The van der Waals surface area contributed by atoms with Gasteiger partial charge in [0.05, 0.1) is 6.61 Å². The molecule has 1 N–H and O–H groups in total. The fourth-order valence-corrected chi connectivity index (χ4v) is 3.34. The number of nitrogens with one attached hydrogen (secondary N) is 1. The van der Waals surface area contributed by atoms with E-state index < -0.39 is 0 Å². The first-order chi connectivity index (χ1) is 10.3. The number of aromatic nitrogens is 3. The second-order valence-electron chi connectivity index (χ2n) is 4.68. The first-order valence-electron chi connectivity index (χ1n) is 6.89. The Morgan fingerprint density at radius 1 is 1.38 bits per heavy atom. The minimum absolute atomic E-state index is 0.0152. The van der Waals surface area contributed by atoms with Gasteiger partial charge in [-0.15, -0.1) is 0 Å². The number of rotatable bonds is 5. The number of H-pyrrole nitrogens is 1. The first-order valence-corrected chi connectivity index (χ1v) is 7.87. The molecule has 2 heterocycles. The Bertz CT molecular complexity index is 838. The molecule has 0 aliphatic rings. The molecule has 2 aromatic heterocycles. The Hall–Kier alpha value is -1.79. The third-order valence-electron chi connectivity index (χ3n) is 3.41. The predicted octanol–water partition coefficient (Wildman–Crippen LogP) is 2.64. The summed E-state index contributed by atoms with van der Waals surface area (Å²) in [6.45, 7) is 3.20. The van der Waals surface area contributed by atoms with Gasteiger partial charge in [0.15, 0.2) is 5.16 Å². The average Bonchev–Trinajstić information content (AvgIpc) is 2.87. The maximum absolute atomic E-state index is 12.6. The van der Waals surface area contributed by atoms with E-state index in [1.54, 1.807) is 23.4 Å². The second-order valence-corrected chi connectivity index (χ2v) is 5.74. The van der Waals surface area contributed by atoms with Crippen molar-refractivity contribution >= 4 is 33.7 Å². The normalized spacial score (nSPS) is 11.5. The summed E-state index contributed by atoms with van der Waals surface area (Å²) in [5.41, 5.74) is 2.26. The minimum Gasteiger partial charge on any atom is -0.384 e. The molecule has 3 aromatic rings. The standard InChI is InChI=1S/C15H17N3O2S/c1-3-18-14(19)13-12(17-15(18)21-9-8-20-2)10-6-4-5-7-11(10)16-13/h4-7,16H,3,8-9H2,1-2H3. The summed E-state index contributed by atoms with van der Waals surface area (Å²) in [5.74, 6) is 0.775. The van der Waals surface area contributed by atoms with Gasteiger partial charge in [0, 0.05) is 30.3 Å². The van der Waals surface area contributed by atoms with Crippen molar-refractivity contribution in [2.45, 2.75) is 18.6 Å². The van der Waals surface area contributed by atoms with Crippen LogP contribution in [0.2, 0.25) is 0 Å². The molecule has 21 heavy (non-hydrogen) atoms. The van der Waals surface area contributed by atoms with Crippen LogP contribution in [0.3, 0.4) is 0 Å². The summed E-state index contributed by atoms with van der Waals surface area (Å²) < 4.78 is 6.77. The molecule has 3 rings (SSSR count). The first kappa shape index (κ1) is 14.2. The minimum atomic E-state index is -0.0152. The van der Waals surface area contributed by atoms with Crippen molar-refractivity contribution in [1.82, 2.24) is 14.5 Å². The average molecular weight is 303 g/mol. The van der Waals surface area contributed by atoms with Crippen molar-refractivity contribution in [2.75, 3.05) is 19.5 Å². The van der Waals surface area contributed by atoms with Crippen LogP contribution in [-0.4, -0.2) is 34.0 Å². The van der Waals surface area contributed by atoms with Crippen LogP contribution in [0, 0.1) is 0 Å². The SMILES string of the molecule is CCn1c(SCCOC)nc2c([nH]c3ccccc32)c1=O. The van der Waals surface area contributed by atoms with Gasteiger partial charge in [0.1, 0.15) is 11.0 Å². The Kier molecular flexibility index (Phi) is 3.98. The molecule has 0 aliphatic heterocycles. The maximum Gasteiger partial charge on any atom is 0.278 e. The van der Waals surface area contributed by atoms with Gasteiger partial charge in [0.25, 0.3) is 5.56 Å². The molecule has 0 bridgehead atoms. The number of thioether (sulfide) groups is 1. The van der Waals surface area contributed by atoms with E-state index in [0.29, 0.717) is 18.7 Å². The Morgan fingerprint density at radius 3 is 2.95 bits per heavy atom. The number of methoxy groups -OCH3 is 1. The third-order valence-corrected chi connectivity index (χ3v) is 4.35. The molecule has 0 saturated carbocycles. The zero-order valence-electron chi connectivity index (χ0n) is 12.0. The van der Waals surface area contributed by atoms with Gasteiger partial charge in [-0.1, -0.05) is 30.0 Å². The molecule has 0 atom stereocenters.